The zero-order chi connectivity index (χ0) is 21.2. The van der Waals surface area contributed by atoms with Crippen LogP contribution >= 0.6 is 11.3 Å². The molecule has 152 valence electrons. The van der Waals surface area contributed by atoms with Gasteiger partial charge in [0.05, 0.1) is 18.5 Å². The Balaban J connectivity index is 1.53. The maximum atomic E-state index is 12.2. The topological polar surface area (TPSA) is 66.9 Å². The SMILES string of the molecule is O=C(Cc1cccs1)N=Nc1c(O)n(Cc2cccc3ccccc23)c2ccccc12. The van der Waals surface area contributed by atoms with E-state index >= 15 is 0 Å². The minimum absolute atomic E-state index is 0.00167. The van der Waals surface area contributed by atoms with E-state index in [0.29, 0.717) is 12.2 Å². The predicted molar refractivity (Wildman–Crippen MR) is 124 cm³/mol. The van der Waals surface area contributed by atoms with Crippen LogP contribution in [0, 0.1) is 0 Å². The van der Waals surface area contributed by atoms with Crippen LogP contribution in [-0.2, 0) is 17.8 Å². The fourth-order valence-corrected chi connectivity index (χ4v) is 4.53. The maximum Gasteiger partial charge on any atom is 0.269 e. The second-order valence-corrected chi connectivity index (χ2v) is 8.30. The monoisotopic (exact) mass is 425 g/mol. The van der Waals surface area contributed by atoms with E-state index in [2.05, 4.69) is 34.5 Å². The highest BCUT2D eigenvalue weighted by molar-refractivity contribution is 7.10. The van der Waals surface area contributed by atoms with Gasteiger partial charge in [0.2, 0.25) is 5.88 Å². The zero-order valence-corrected chi connectivity index (χ0v) is 17.4. The van der Waals surface area contributed by atoms with Gasteiger partial charge in [0, 0.05) is 10.3 Å². The quantitative estimate of drug-likeness (QED) is 0.328. The minimum atomic E-state index is -0.340. The summed E-state index contributed by atoms with van der Waals surface area (Å²) >= 11 is 1.51. The third kappa shape index (κ3) is 3.73. The van der Waals surface area contributed by atoms with Crippen molar-refractivity contribution < 1.29 is 9.90 Å². The molecule has 0 saturated heterocycles. The van der Waals surface area contributed by atoms with Gasteiger partial charge in [0.15, 0.2) is 5.69 Å². The smallest absolute Gasteiger partial charge is 0.269 e. The van der Waals surface area contributed by atoms with Crippen LogP contribution in [-0.4, -0.2) is 15.6 Å². The number of carbonyl (C=O) groups excluding carboxylic acids is 1. The summed E-state index contributed by atoms with van der Waals surface area (Å²) in [5.41, 5.74) is 2.24. The number of benzene rings is 3. The second kappa shape index (κ2) is 8.16. The van der Waals surface area contributed by atoms with E-state index in [1.54, 1.807) is 0 Å². The lowest BCUT2D eigenvalue weighted by Gasteiger charge is -2.10. The first-order valence-electron chi connectivity index (χ1n) is 9.94. The molecule has 5 nitrogen and oxygen atoms in total. The van der Waals surface area contributed by atoms with Gasteiger partial charge < -0.3 is 9.67 Å². The van der Waals surface area contributed by atoms with E-state index in [-0.39, 0.29) is 18.2 Å². The van der Waals surface area contributed by atoms with Crippen molar-refractivity contribution in [3.63, 3.8) is 0 Å². The average molecular weight is 426 g/mol. The highest BCUT2D eigenvalue weighted by atomic mass is 32.1. The van der Waals surface area contributed by atoms with Gasteiger partial charge in [-0.3, -0.25) is 4.79 Å². The molecular formula is C25H19N3O2S. The van der Waals surface area contributed by atoms with Gasteiger partial charge in [-0.2, -0.15) is 0 Å². The van der Waals surface area contributed by atoms with Gasteiger partial charge in [-0.25, -0.2) is 0 Å². The van der Waals surface area contributed by atoms with E-state index < -0.39 is 0 Å². The minimum Gasteiger partial charge on any atom is -0.493 e. The van der Waals surface area contributed by atoms with Crippen LogP contribution in [0.15, 0.2) is 94.5 Å². The van der Waals surface area contributed by atoms with Gasteiger partial charge in [-0.1, -0.05) is 66.7 Å². The van der Waals surface area contributed by atoms with Gasteiger partial charge in [-0.15, -0.1) is 21.6 Å². The normalized spacial score (nSPS) is 11.6. The van der Waals surface area contributed by atoms with Crippen LogP contribution < -0.4 is 0 Å². The van der Waals surface area contributed by atoms with E-state index in [9.17, 15) is 9.90 Å². The molecular weight excluding hydrogens is 406 g/mol. The fraction of sp³-hybridized carbons (Fsp3) is 0.0800. The van der Waals surface area contributed by atoms with E-state index in [0.717, 1.165) is 32.1 Å². The van der Waals surface area contributed by atoms with Crippen molar-refractivity contribution >= 4 is 44.6 Å². The number of hydrogen-bond donors (Lipinski definition) is 1. The Morgan fingerprint density at radius 2 is 1.68 bits per heavy atom. The standard InChI is InChI=1S/C25H19N3O2S/c29-23(15-19-10-6-14-31-19)26-27-24-21-12-3-4-13-22(21)28(25(24)30)16-18-9-5-8-17-7-1-2-11-20(17)18/h1-14,30H,15-16H2. The average Bonchev–Trinajstić information content (AvgIpc) is 3.39. The maximum absolute atomic E-state index is 12.2. The molecule has 0 saturated carbocycles. The van der Waals surface area contributed by atoms with E-state index in [1.807, 2.05) is 64.5 Å². The summed E-state index contributed by atoms with van der Waals surface area (Å²) in [5, 5.41) is 24.0. The number of rotatable bonds is 5. The number of amides is 1. The molecule has 6 heteroatoms. The molecule has 3 aromatic carbocycles. The molecule has 2 aromatic heterocycles. The number of para-hydroxylation sites is 1. The van der Waals surface area contributed by atoms with Crippen LogP contribution in [0.4, 0.5) is 5.69 Å². The third-order valence-corrected chi connectivity index (χ3v) is 6.17. The summed E-state index contributed by atoms with van der Waals surface area (Å²) in [6, 6.07) is 25.8. The number of thiophene rings is 1. The van der Waals surface area contributed by atoms with Crippen LogP contribution in [0.25, 0.3) is 21.7 Å². The summed E-state index contributed by atoms with van der Waals surface area (Å²) in [7, 11) is 0. The summed E-state index contributed by atoms with van der Waals surface area (Å²) in [6.45, 7) is 0.479. The van der Waals surface area contributed by atoms with Crippen molar-refractivity contribution in [2.75, 3.05) is 0 Å². The van der Waals surface area contributed by atoms with Crippen LogP contribution in [0.2, 0.25) is 0 Å². The van der Waals surface area contributed by atoms with Crippen molar-refractivity contribution in [3.8, 4) is 5.88 Å². The molecule has 2 heterocycles. The molecule has 0 atom stereocenters. The summed E-state index contributed by atoms with van der Waals surface area (Å²) in [5.74, 6) is -0.338. The molecule has 0 aliphatic rings. The number of hydrogen-bond acceptors (Lipinski definition) is 4. The lowest BCUT2D eigenvalue weighted by Crippen LogP contribution is -1.99. The first-order chi connectivity index (χ1) is 15.2. The number of carbonyl (C=O) groups is 1. The van der Waals surface area contributed by atoms with Crippen molar-refractivity contribution in [1.29, 1.82) is 0 Å². The largest absolute Gasteiger partial charge is 0.493 e. The molecule has 1 N–H and O–H groups in total. The predicted octanol–water partition coefficient (Wildman–Crippen LogP) is 6.46. The van der Waals surface area contributed by atoms with Gasteiger partial charge >= 0.3 is 0 Å². The lowest BCUT2D eigenvalue weighted by atomic mass is 10.0. The number of fused-ring (bicyclic) bond motifs is 2. The Hall–Kier alpha value is -3.77. The molecule has 0 radical (unpaired) electrons. The Morgan fingerprint density at radius 1 is 0.903 bits per heavy atom. The van der Waals surface area contributed by atoms with Crippen molar-refractivity contribution in [1.82, 2.24) is 4.57 Å². The Morgan fingerprint density at radius 3 is 2.52 bits per heavy atom. The first-order valence-corrected chi connectivity index (χ1v) is 10.8. The molecule has 0 aliphatic carbocycles. The highest BCUT2D eigenvalue weighted by Crippen LogP contribution is 2.39. The Kier molecular flexibility index (Phi) is 5.06. The first kappa shape index (κ1) is 19.2. The molecule has 5 rings (SSSR count). The third-order valence-electron chi connectivity index (χ3n) is 5.29. The summed E-state index contributed by atoms with van der Waals surface area (Å²) in [6.07, 6.45) is 0.205. The zero-order valence-electron chi connectivity index (χ0n) is 16.6. The highest BCUT2D eigenvalue weighted by Gasteiger charge is 2.17. The molecule has 1 amide bonds. The van der Waals surface area contributed by atoms with E-state index in [1.165, 1.54) is 11.3 Å². The van der Waals surface area contributed by atoms with Gasteiger partial charge in [0.25, 0.3) is 5.91 Å². The number of nitrogens with zero attached hydrogens (tertiary/aromatic N) is 3. The summed E-state index contributed by atoms with van der Waals surface area (Å²) in [4.78, 5) is 13.2. The molecule has 0 unspecified atom stereocenters. The Labute approximate surface area is 182 Å². The number of aromatic nitrogens is 1. The lowest BCUT2D eigenvalue weighted by molar-refractivity contribution is -0.117. The molecule has 5 aromatic rings. The van der Waals surface area contributed by atoms with Crippen LogP contribution in [0.3, 0.4) is 0 Å². The van der Waals surface area contributed by atoms with Crippen molar-refractivity contribution in [2.24, 2.45) is 10.2 Å². The fourth-order valence-electron chi connectivity index (χ4n) is 3.83. The van der Waals surface area contributed by atoms with Gasteiger partial charge in [0.1, 0.15) is 0 Å². The molecule has 0 bridgehead atoms. The molecule has 31 heavy (non-hydrogen) atoms. The van der Waals surface area contributed by atoms with Crippen molar-refractivity contribution in [3.05, 3.63) is 94.7 Å². The Bertz CT molecular complexity index is 1410. The summed E-state index contributed by atoms with van der Waals surface area (Å²) < 4.78 is 1.81. The number of azo groups is 1. The number of aromatic hydroxyl groups is 1. The van der Waals surface area contributed by atoms with Gasteiger partial charge in [-0.05, 0) is 33.8 Å². The van der Waals surface area contributed by atoms with Crippen LogP contribution in [0.5, 0.6) is 5.88 Å². The molecule has 0 spiro atoms. The van der Waals surface area contributed by atoms with Crippen molar-refractivity contribution in [2.45, 2.75) is 13.0 Å². The van der Waals surface area contributed by atoms with E-state index in [4.69, 9.17) is 0 Å². The second-order valence-electron chi connectivity index (χ2n) is 7.26. The molecule has 0 aliphatic heterocycles. The van der Waals surface area contributed by atoms with Crippen LogP contribution in [0.1, 0.15) is 10.4 Å². The molecule has 0 fully saturated rings.